The molecule has 5 heteroatoms. The molecule has 1 aliphatic rings. The highest BCUT2D eigenvalue weighted by Gasteiger charge is 2.34. The van der Waals surface area contributed by atoms with Crippen LogP contribution in [-0.2, 0) is 14.3 Å². The summed E-state index contributed by atoms with van der Waals surface area (Å²) >= 11 is 0. The lowest BCUT2D eigenvalue weighted by molar-refractivity contribution is -0.169. The van der Waals surface area contributed by atoms with E-state index in [9.17, 15) is 14.4 Å². The molecule has 3 aromatic carbocycles. The van der Waals surface area contributed by atoms with Crippen LogP contribution in [0.2, 0.25) is 0 Å². The van der Waals surface area contributed by atoms with E-state index >= 15 is 0 Å². The van der Waals surface area contributed by atoms with Crippen LogP contribution < -0.4 is 0 Å². The molecule has 0 aromatic heterocycles. The fraction of sp³-hybridized carbons (Fsp3) is 0.125. The van der Waals surface area contributed by atoms with Gasteiger partial charge in [-0.05, 0) is 24.6 Å². The highest BCUT2D eigenvalue weighted by atomic mass is 16.7. The van der Waals surface area contributed by atoms with Gasteiger partial charge in [0.05, 0.1) is 11.5 Å². The minimum absolute atomic E-state index is 0.119. The van der Waals surface area contributed by atoms with Gasteiger partial charge in [-0.1, -0.05) is 66.7 Å². The summed E-state index contributed by atoms with van der Waals surface area (Å²) in [5.41, 5.74) is 2.65. The SMILES string of the molecule is CC(C(=O)OC1OC(=O)c2ccccc21)c1cccc(C(=O)c2ccccc2)c1. The highest BCUT2D eigenvalue weighted by molar-refractivity contribution is 6.09. The Kier molecular flexibility index (Phi) is 4.96. The number of ketones is 1. The fourth-order valence-corrected chi connectivity index (χ4v) is 3.25. The van der Waals surface area contributed by atoms with E-state index in [-0.39, 0.29) is 5.78 Å². The molecule has 2 atom stereocenters. The van der Waals surface area contributed by atoms with Crippen LogP contribution in [0.15, 0.2) is 78.9 Å². The van der Waals surface area contributed by atoms with Crippen molar-refractivity contribution in [1.82, 2.24) is 0 Å². The predicted molar refractivity (Wildman–Crippen MR) is 105 cm³/mol. The second kappa shape index (κ2) is 7.72. The van der Waals surface area contributed by atoms with Crippen molar-refractivity contribution in [2.24, 2.45) is 0 Å². The average Bonchev–Trinajstić information content (AvgIpc) is 3.09. The zero-order valence-electron chi connectivity index (χ0n) is 15.7. The normalized spacial score (nSPS) is 15.9. The van der Waals surface area contributed by atoms with Gasteiger partial charge in [-0.15, -0.1) is 0 Å². The van der Waals surface area contributed by atoms with Crippen LogP contribution in [0.25, 0.3) is 0 Å². The van der Waals surface area contributed by atoms with Crippen molar-refractivity contribution < 1.29 is 23.9 Å². The second-order valence-corrected chi connectivity index (χ2v) is 6.80. The number of esters is 2. The summed E-state index contributed by atoms with van der Waals surface area (Å²) < 4.78 is 10.6. The van der Waals surface area contributed by atoms with Crippen molar-refractivity contribution in [2.45, 2.75) is 19.1 Å². The van der Waals surface area contributed by atoms with Crippen molar-refractivity contribution in [2.75, 3.05) is 0 Å². The molecule has 0 bridgehead atoms. The van der Waals surface area contributed by atoms with Crippen molar-refractivity contribution in [3.05, 3.63) is 107 Å². The number of cyclic esters (lactones) is 1. The minimum Gasteiger partial charge on any atom is -0.420 e. The molecule has 0 saturated heterocycles. The third-order valence-electron chi connectivity index (χ3n) is 4.91. The summed E-state index contributed by atoms with van der Waals surface area (Å²) in [5.74, 6) is -1.80. The van der Waals surface area contributed by atoms with Gasteiger partial charge in [0, 0.05) is 16.7 Å². The Labute approximate surface area is 167 Å². The highest BCUT2D eigenvalue weighted by Crippen LogP contribution is 2.33. The van der Waals surface area contributed by atoms with E-state index < -0.39 is 24.1 Å². The van der Waals surface area contributed by atoms with E-state index in [0.29, 0.717) is 27.8 Å². The van der Waals surface area contributed by atoms with Gasteiger partial charge >= 0.3 is 11.9 Å². The van der Waals surface area contributed by atoms with Crippen molar-refractivity contribution in [3.63, 3.8) is 0 Å². The molecule has 1 heterocycles. The maximum atomic E-state index is 12.7. The van der Waals surface area contributed by atoms with Gasteiger partial charge in [0.2, 0.25) is 0 Å². The quantitative estimate of drug-likeness (QED) is 0.479. The summed E-state index contributed by atoms with van der Waals surface area (Å²) in [6, 6.07) is 22.7. The summed E-state index contributed by atoms with van der Waals surface area (Å²) in [4.78, 5) is 37.2. The molecular weight excluding hydrogens is 368 g/mol. The zero-order chi connectivity index (χ0) is 20.4. The Morgan fingerprint density at radius 3 is 2.38 bits per heavy atom. The van der Waals surface area contributed by atoms with E-state index in [0.717, 1.165) is 0 Å². The Hall–Kier alpha value is -3.73. The molecular formula is C24H18O5. The molecule has 0 saturated carbocycles. The number of benzene rings is 3. The second-order valence-electron chi connectivity index (χ2n) is 6.80. The van der Waals surface area contributed by atoms with Gasteiger partial charge in [0.15, 0.2) is 5.78 Å². The molecule has 29 heavy (non-hydrogen) atoms. The molecule has 0 fully saturated rings. The van der Waals surface area contributed by atoms with Gasteiger partial charge in [-0.2, -0.15) is 0 Å². The van der Waals surface area contributed by atoms with Crippen LogP contribution in [0, 0.1) is 0 Å². The molecule has 1 aliphatic heterocycles. The number of ether oxygens (including phenoxy) is 2. The van der Waals surface area contributed by atoms with Gasteiger partial charge < -0.3 is 9.47 Å². The summed E-state index contributed by atoms with van der Waals surface area (Å²) in [6.45, 7) is 1.69. The van der Waals surface area contributed by atoms with Gasteiger partial charge in [0.1, 0.15) is 0 Å². The molecule has 5 nitrogen and oxygen atoms in total. The largest absolute Gasteiger partial charge is 0.420 e. The first-order chi connectivity index (χ1) is 14.0. The Morgan fingerprint density at radius 2 is 1.59 bits per heavy atom. The molecule has 0 spiro atoms. The van der Waals surface area contributed by atoms with Crippen LogP contribution in [0.4, 0.5) is 0 Å². The van der Waals surface area contributed by atoms with Gasteiger partial charge in [0.25, 0.3) is 6.29 Å². The van der Waals surface area contributed by atoms with Gasteiger partial charge in [-0.25, -0.2) is 4.79 Å². The lowest BCUT2D eigenvalue weighted by atomic mass is 9.96. The first-order valence-electron chi connectivity index (χ1n) is 9.24. The van der Waals surface area contributed by atoms with E-state index in [4.69, 9.17) is 9.47 Å². The number of carbonyl (C=O) groups excluding carboxylic acids is 3. The third kappa shape index (κ3) is 3.67. The van der Waals surface area contributed by atoms with Crippen molar-refractivity contribution in [1.29, 1.82) is 0 Å². The molecule has 3 aromatic rings. The van der Waals surface area contributed by atoms with Crippen molar-refractivity contribution >= 4 is 17.7 Å². The number of rotatable bonds is 5. The Morgan fingerprint density at radius 1 is 0.897 bits per heavy atom. The maximum Gasteiger partial charge on any atom is 0.342 e. The molecule has 144 valence electrons. The van der Waals surface area contributed by atoms with Crippen LogP contribution in [0.3, 0.4) is 0 Å². The molecule has 0 radical (unpaired) electrons. The molecule has 2 unspecified atom stereocenters. The first kappa shape index (κ1) is 18.6. The van der Waals surface area contributed by atoms with Crippen LogP contribution >= 0.6 is 0 Å². The molecule has 4 rings (SSSR count). The van der Waals surface area contributed by atoms with Crippen LogP contribution in [0.5, 0.6) is 0 Å². The monoisotopic (exact) mass is 386 g/mol. The fourth-order valence-electron chi connectivity index (χ4n) is 3.25. The van der Waals surface area contributed by atoms with E-state index in [1.54, 1.807) is 79.7 Å². The topological polar surface area (TPSA) is 69.7 Å². The Balaban J connectivity index is 1.51. The standard InChI is InChI=1S/C24H18O5/c1-15(22(26)28-24-20-13-6-5-12-19(20)23(27)29-24)17-10-7-11-18(14-17)21(25)16-8-3-2-4-9-16/h2-15,24H,1H3. The van der Waals surface area contributed by atoms with E-state index in [1.165, 1.54) is 0 Å². The third-order valence-corrected chi connectivity index (χ3v) is 4.91. The summed E-state index contributed by atoms with van der Waals surface area (Å²) in [7, 11) is 0. The van der Waals surface area contributed by atoms with E-state index in [1.807, 2.05) is 6.07 Å². The first-order valence-corrected chi connectivity index (χ1v) is 9.24. The summed E-state index contributed by atoms with van der Waals surface area (Å²) in [6.07, 6.45) is -1.05. The molecule has 0 aliphatic carbocycles. The Bertz CT molecular complexity index is 1090. The molecule has 0 N–H and O–H groups in total. The number of carbonyl (C=O) groups is 3. The average molecular weight is 386 g/mol. The maximum absolute atomic E-state index is 12.7. The van der Waals surface area contributed by atoms with Gasteiger partial charge in [-0.3, -0.25) is 9.59 Å². The van der Waals surface area contributed by atoms with E-state index in [2.05, 4.69) is 0 Å². The zero-order valence-corrected chi connectivity index (χ0v) is 15.7. The lowest BCUT2D eigenvalue weighted by Gasteiger charge is -2.16. The molecule has 0 amide bonds. The number of hydrogen-bond donors (Lipinski definition) is 0. The number of fused-ring (bicyclic) bond motifs is 1. The smallest absolute Gasteiger partial charge is 0.342 e. The minimum atomic E-state index is -1.05. The number of hydrogen-bond acceptors (Lipinski definition) is 5. The van der Waals surface area contributed by atoms with Crippen molar-refractivity contribution in [3.8, 4) is 0 Å². The predicted octanol–water partition coefficient (Wildman–Crippen LogP) is 4.43. The van der Waals surface area contributed by atoms with Crippen LogP contribution in [-0.4, -0.2) is 17.7 Å². The summed E-state index contributed by atoms with van der Waals surface area (Å²) in [5, 5.41) is 0. The van der Waals surface area contributed by atoms with Crippen LogP contribution in [0.1, 0.15) is 56.5 Å². The lowest BCUT2D eigenvalue weighted by Crippen LogP contribution is -2.17.